The molecule has 0 atom stereocenters. The number of Topliss-reactive ketones (excluding diaryl/α,β-unsaturated/α-hetero) is 1. The number of carbonyl (C=O) groups is 1. The van der Waals surface area contributed by atoms with Crippen molar-refractivity contribution in [2.45, 2.75) is 6.92 Å². The highest BCUT2D eigenvalue weighted by molar-refractivity contribution is 6.09. The minimum absolute atomic E-state index is 0.115. The van der Waals surface area contributed by atoms with Crippen molar-refractivity contribution in [1.82, 2.24) is 0 Å². The van der Waals surface area contributed by atoms with E-state index in [1.165, 1.54) is 30.3 Å². The van der Waals surface area contributed by atoms with Crippen LogP contribution < -0.4 is 0 Å². The van der Waals surface area contributed by atoms with E-state index in [0.717, 1.165) is 0 Å². The lowest BCUT2D eigenvalue weighted by atomic mass is 10.1. The normalized spacial score (nSPS) is 10.5. The molecule has 0 heterocycles. The first-order chi connectivity index (χ1) is 10.0. The molecule has 21 heavy (non-hydrogen) atoms. The molecule has 0 saturated carbocycles. The van der Waals surface area contributed by atoms with Crippen molar-refractivity contribution in [3.63, 3.8) is 0 Å². The summed E-state index contributed by atoms with van der Waals surface area (Å²) in [7, 11) is 0. The summed E-state index contributed by atoms with van der Waals surface area (Å²) in [4.78, 5) is 11.3. The number of hydrogen-bond acceptors (Lipinski definition) is 6. The van der Waals surface area contributed by atoms with Crippen molar-refractivity contribution < 1.29 is 15.0 Å². The number of nitrogens with zero attached hydrogens (tertiary/aromatic N) is 3. The fourth-order valence-corrected chi connectivity index (χ4v) is 1.65. The van der Waals surface area contributed by atoms with Gasteiger partial charge >= 0.3 is 0 Å². The molecule has 0 aromatic heterocycles. The first kappa shape index (κ1) is 14.2. The number of rotatable bonds is 3. The minimum Gasteiger partial charge on any atom is -0.508 e. The summed E-state index contributed by atoms with van der Waals surface area (Å²) in [6, 6.07) is 10.2. The Bertz CT molecular complexity index is 776. The Morgan fingerprint density at radius 1 is 1.05 bits per heavy atom. The molecule has 0 amide bonds. The number of ketones is 1. The monoisotopic (exact) mass is 281 g/mol. The highest BCUT2D eigenvalue weighted by Crippen LogP contribution is 2.27. The highest BCUT2D eigenvalue weighted by atomic mass is 16.3. The van der Waals surface area contributed by atoms with Crippen LogP contribution in [0.25, 0.3) is 0 Å². The molecule has 2 N–H and O–H groups in total. The number of nitriles is 1. The van der Waals surface area contributed by atoms with Crippen molar-refractivity contribution in [2.24, 2.45) is 10.2 Å². The van der Waals surface area contributed by atoms with Crippen LogP contribution >= 0.6 is 0 Å². The van der Waals surface area contributed by atoms with Gasteiger partial charge in [-0.25, -0.2) is 0 Å². The fraction of sp³-hybridized carbons (Fsp3) is 0.0667. The number of aromatic hydroxyl groups is 2. The number of benzene rings is 2. The van der Waals surface area contributed by atoms with E-state index in [-0.39, 0.29) is 17.1 Å². The molecule has 0 spiro atoms. The molecule has 0 aliphatic carbocycles. The van der Waals surface area contributed by atoms with E-state index in [1.54, 1.807) is 19.1 Å². The number of phenolic OH excluding ortho intramolecular Hbond substituents is 2. The maximum Gasteiger partial charge on any atom is 0.265 e. The summed E-state index contributed by atoms with van der Waals surface area (Å²) in [6.07, 6.45) is 0. The number of carbonyl (C=O) groups excluding carboxylic acids is 1. The molecule has 6 nitrogen and oxygen atoms in total. The third-order valence-electron chi connectivity index (χ3n) is 2.79. The van der Waals surface area contributed by atoms with Gasteiger partial charge in [-0.1, -0.05) is 0 Å². The molecule has 2 rings (SSSR count). The van der Waals surface area contributed by atoms with Gasteiger partial charge in [0, 0.05) is 0 Å². The van der Waals surface area contributed by atoms with Crippen LogP contribution in [0, 0.1) is 18.3 Å². The van der Waals surface area contributed by atoms with Crippen LogP contribution in [-0.2, 0) is 0 Å². The van der Waals surface area contributed by atoms with Gasteiger partial charge in [-0.05, 0) is 48.9 Å². The molecule has 0 saturated heterocycles. The summed E-state index contributed by atoms with van der Waals surface area (Å²) in [5.74, 6) is -0.952. The van der Waals surface area contributed by atoms with Gasteiger partial charge in [-0.3, -0.25) is 4.79 Å². The standard InChI is InChI=1S/C15H11N3O3/c1-9-6-10(2-4-13(9)19)17-18-11-3-5-14(20)12(7-11)15(21)8-16/h2-7,19-20H,1H3. The second-order valence-electron chi connectivity index (χ2n) is 4.31. The van der Waals surface area contributed by atoms with Crippen LogP contribution in [0.5, 0.6) is 11.5 Å². The molecule has 6 heteroatoms. The number of phenols is 2. The van der Waals surface area contributed by atoms with E-state index >= 15 is 0 Å². The summed E-state index contributed by atoms with van der Waals surface area (Å²) >= 11 is 0. The molecule has 2 aromatic rings. The van der Waals surface area contributed by atoms with Crippen LogP contribution in [0.1, 0.15) is 15.9 Å². The second-order valence-corrected chi connectivity index (χ2v) is 4.31. The van der Waals surface area contributed by atoms with E-state index in [2.05, 4.69) is 10.2 Å². The maximum absolute atomic E-state index is 11.3. The van der Waals surface area contributed by atoms with Gasteiger partial charge in [0.15, 0.2) is 0 Å². The number of aryl methyl sites for hydroxylation is 1. The van der Waals surface area contributed by atoms with Gasteiger partial charge < -0.3 is 10.2 Å². The molecule has 2 aromatic carbocycles. The van der Waals surface area contributed by atoms with Gasteiger partial charge in [-0.2, -0.15) is 15.5 Å². The largest absolute Gasteiger partial charge is 0.508 e. The maximum atomic E-state index is 11.3. The SMILES string of the molecule is Cc1cc(N=Nc2ccc(O)c(C(=O)C#N)c2)ccc1O. The molecule has 104 valence electrons. The van der Waals surface area contributed by atoms with Crippen molar-refractivity contribution in [1.29, 1.82) is 5.26 Å². The third-order valence-corrected chi connectivity index (χ3v) is 2.79. The van der Waals surface area contributed by atoms with Gasteiger partial charge in [0.2, 0.25) is 0 Å². The Kier molecular flexibility index (Phi) is 3.95. The topological polar surface area (TPSA) is 106 Å². The van der Waals surface area contributed by atoms with Crippen molar-refractivity contribution >= 4 is 17.2 Å². The Labute approximate surface area is 120 Å². The minimum atomic E-state index is -0.843. The van der Waals surface area contributed by atoms with Gasteiger partial charge in [0.05, 0.1) is 16.9 Å². The lowest BCUT2D eigenvalue weighted by Gasteiger charge is -2.01. The zero-order valence-corrected chi connectivity index (χ0v) is 11.1. The fourth-order valence-electron chi connectivity index (χ4n) is 1.65. The highest BCUT2D eigenvalue weighted by Gasteiger charge is 2.11. The van der Waals surface area contributed by atoms with Crippen molar-refractivity contribution in [3.8, 4) is 17.6 Å². The molecule has 0 aliphatic rings. The number of azo groups is 1. The predicted molar refractivity (Wildman–Crippen MR) is 75.1 cm³/mol. The molecular weight excluding hydrogens is 270 g/mol. The summed E-state index contributed by atoms with van der Waals surface area (Å²) in [5.41, 5.74) is 1.41. The number of hydrogen-bond donors (Lipinski definition) is 2. The second kappa shape index (κ2) is 5.84. The Morgan fingerprint density at radius 2 is 1.62 bits per heavy atom. The molecule has 0 bridgehead atoms. The zero-order chi connectivity index (χ0) is 15.4. The zero-order valence-electron chi connectivity index (χ0n) is 11.1. The quantitative estimate of drug-likeness (QED) is 0.509. The molecule has 0 unspecified atom stereocenters. The summed E-state index contributed by atoms with van der Waals surface area (Å²) < 4.78 is 0. The van der Waals surface area contributed by atoms with E-state index in [9.17, 15) is 15.0 Å². The Hall–Kier alpha value is -3.20. The predicted octanol–water partition coefficient (Wildman–Crippen LogP) is 3.53. The lowest BCUT2D eigenvalue weighted by Crippen LogP contribution is -1.94. The van der Waals surface area contributed by atoms with Crippen LogP contribution in [0.4, 0.5) is 11.4 Å². The average molecular weight is 281 g/mol. The Morgan fingerprint density at radius 3 is 2.19 bits per heavy atom. The molecule has 0 aliphatic heterocycles. The van der Waals surface area contributed by atoms with Crippen LogP contribution in [0.15, 0.2) is 46.6 Å². The molecule has 0 fully saturated rings. The van der Waals surface area contributed by atoms with Gasteiger partial charge in [0.1, 0.15) is 17.6 Å². The summed E-state index contributed by atoms with van der Waals surface area (Å²) in [5, 5.41) is 35.4. The van der Waals surface area contributed by atoms with Gasteiger partial charge in [-0.15, -0.1) is 0 Å². The third kappa shape index (κ3) is 3.22. The van der Waals surface area contributed by atoms with Crippen LogP contribution in [-0.4, -0.2) is 16.0 Å². The molecule has 0 radical (unpaired) electrons. The first-order valence-electron chi connectivity index (χ1n) is 6.00. The van der Waals surface area contributed by atoms with E-state index in [0.29, 0.717) is 16.9 Å². The van der Waals surface area contributed by atoms with Crippen molar-refractivity contribution in [3.05, 3.63) is 47.5 Å². The average Bonchev–Trinajstić information content (AvgIpc) is 2.49. The summed E-state index contributed by atoms with van der Waals surface area (Å²) in [6.45, 7) is 1.73. The van der Waals surface area contributed by atoms with Crippen molar-refractivity contribution in [2.75, 3.05) is 0 Å². The van der Waals surface area contributed by atoms with Crippen LogP contribution in [0.2, 0.25) is 0 Å². The smallest absolute Gasteiger partial charge is 0.265 e. The van der Waals surface area contributed by atoms with Crippen LogP contribution in [0.3, 0.4) is 0 Å². The lowest BCUT2D eigenvalue weighted by molar-refractivity contribution is 0.105. The first-order valence-corrected chi connectivity index (χ1v) is 6.00. The van der Waals surface area contributed by atoms with Gasteiger partial charge in [0.25, 0.3) is 5.78 Å². The molecular formula is C15H11N3O3. The van der Waals surface area contributed by atoms with E-state index < -0.39 is 5.78 Å². The Balaban J connectivity index is 2.31. The van der Waals surface area contributed by atoms with E-state index in [1.807, 2.05) is 0 Å². The van der Waals surface area contributed by atoms with E-state index in [4.69, 9.17) is 5.26 Å².